The van der Waals surface area contributed by atoms with Crippen LogP contribution in [0.25, 0.3) is 11.0 Å². The second kappa shape index (κ2) is 9.76. The van der Waals surface area contributed by atoms with Crippen LogP contribution in [0.2, 0.25) is 0 Å². The molecular weight excluding hydrogens is 410 g/mol. The molecule has 9 nitrogen and oxygen atoms in total. The van der Waals surface area contributed by atoms with E-state index < -0.39 is 17.2 Å². The molecule has 32 heavy (non-hydrogen) atoms. The van der Waals surface area contributed by atoms with E-state index in [2.05, 4.69) is 20.3 Å². The molecule has 0 saturated carbocycles. The summed E-state index contributed by atoms with van der Waals surface area (Å²) in [6.45, 7) is 10.7. The Morgan fingerprint density at radius 3 is 2.66 bits per heavy atom. The molecule has 3 aromatic heterocycles. The van der Waals surface area contributed by atoms with Gasteiger partial charge in [-0.1, -0.05) is 33.8 Å². The van der Waals surface area contributed by atoms with E-state index in [1.165, 1.54) is 4.57 Å². The summed E-state index contributed by atoms with van der Waals surface area (Å²) in [6, 6.07) is 5.20. The van der Waals surface area contributed by atoms with E-state index in [0.29, 0.717) is 24.7 Å². The van der Waals surface area contributed by atoms with Gasteiger partial charge in [-0.25, -0.2) is 14.8 Å². The van der Waals surface area contributed by atoms with E-state index in [1.54, 1.807) is 18.3 Å². The highest BCUT2D eigenvalue weighted by molar-refractivity contribution is 6.05. The second-order valence-electron chi connectivity index (χ2n) is 8.30. The minimum Gasteiger partial charge on any atom is -0.478 e. The van der Waals surface area contributed by atoms with Gasteiger partial charge >= 0.3 is 5.69 Å². The number of hydrogen-bond donors (Lipinski definition) is 2. The van der Waals surface area contributed by atoms with Crippen LogP contribution in [0.5, 0.6) is 5.88 Å². The number of amides is 1. The highest BCUT2D eigenvalue weighted by atomic mass is 16.5. The molecular formula is C23H29N5O4. The van der Waals surface area contributed by atoms with Gasteiger partial charge in [-0.3, -0.25) is 19.1 Å². The zero-order chi connectivity index (χ0) is 23.4. The Morgan fingerprint density at radius 1 is 1.25 bits per heavy atom. The summed E-state index contributed by atoms with van der Waals surface area (Å²) in [7, 11) is 0. The Morgan fingerprint density at radius 2 is 2.00 bits per heavy atom. The third-order valence-electron chi connectivity index (χ3n) is 4.92. The van der Waals surface area contributed by atoms with E-state index in [-0.39, 0.29) is 35.0 Å². The first-order chi connectivity index (χ1) is 15.2. The molecule has 3 aromatic rings. The highest BCUT2D eigenvalue weighted by Crippen LogP contribution is 2.21. The first kappa shape index (κ1) is 23.2. The van der Waals surface area contributed by atoms with Crippen molar-refractivity contribution in [2.45, 2.75) is 53.6 Å². The van der Waals surface area contributed by atoms with Gasteiger partial charge < -0.3 is 10.1 Å². The first-order valence-corrected chi connectivity index (χ1v) is 10.8. The van der Waals surface area contributed by atoms with Crippen LogP contribution in [-0.2, 0) is 13.1 Å². The lowest BCUT2D eigenvalue weighted by molar-refractivity contribution is 0.0952. The van der Waals surface area contributed by atoms with Crippen molar-refractivity contribution in [2.24, 2.45) is 5.92 Å². The van der Waals surface area contributed by atoms with E-state index in [1.807, 2.05) is 40.7 Å². The van der Waals surface area contributed by atoms with Crippen LogP contribution in [0.4, 0.5) is 0 Å². The molecule has 0 aliphatic carbocycles. The molecule has 9 heteroatoms. The second-order valence-corrected chi connectivity index (χ2v) is 8.30. The van der Waals surface area contributed by atoms with Gasteiger partial charge in [-0.05, 0) is 30.9 Å². The fraction of sp³-hybridized carbons (Fsp3) is 0.435. The summed E-state index contributed by atoms with van der Waals surface area (Å²) in [4.78, 5) is 49.6. The molecule has 3 heterocycles. The number of aromatic nitrogens is 4. The summed E-state index contributed by atoms with van der Waals surface area (Å²) in [5.74, 6) is 0.147. The van der Waals surface area contributed by atoms with Gasteiger partial charge in [0.2, 0.25) is 5.88 Å². The molecule has 0 unspecified atom stereocenters. The van der Waals surface area contributed by atoms with E-state index in [0.717, 1.165) is 5.56 Å². The molecule has 0 bridgehead atoms. The largest absolute Gasteiger partial charge is 0.478 e. The third-order valence-corrected chi connectivity index (χ3v) is 4.92. The molecule has 1 amide bonds. The summed E-state index contributed by atoms with van der Waals surface area (Å²) in [5.41, 5.74) is 0.582. The lowest BCUT2D eigenvalue weighted by Gasteiger charge is -2.16. The van der Waals surface area contributed by atoms with E-state index in [4.69, 9.17) is 4.74 Å². The normalized spacial score (nSPS) is 11.3. The highest BCUT2D eigenvalue weighted by Gasteiger charge is 2.21. The molecule has 0 saturated heterocycles. The maximum Gasteiger partial charge on any atom is 0.330 e. The number of hydrogen-bond acceptors (Lipinski definition) is 6. The van der Waals surface area contributed by atoms with Crippen LogP contribution in [0, 0.1) is 5.92 Å². The number of aromatic amines is 1. The van der Waals surface area contributed by atoms with Crippen molar-refractivity contribution in [3.63, 3.8) is 0 Å². The van der Waals surface area contributed by atoms with E-state index >= 15 is 0 Å². The molecule has 170 valence electrons. The molecule has 0 aliphatic heterocycles. The monoisotopic (exact) mass is 439 g/mol. The number of H-pyrrole nitrogens is 1. The topological polar surface area (TPSA) is 119 Å². The van der Waals surface area contributed by atoms with Gasteiger partial charge in [0.05, 0.1) is 17.6 Å². The molecule has 0 aliphatic rings. The zero-order valence-electron chi connectivity index (χ0n) is 19.1. The van der Waals surface area contributed by atoms with Crippen molar-refractivity contribution in [3.8, 4) is 5.88 Å². The summed E-state index contributed by atoms with van der Waals surface area (Å²) in [6.07, 6.45) is 1.62. The number of nitrogens with zero attached hydrogens (tertiary/aromatic N) is 3. The van der Waals surface area contributed by atoms with Crippen molar-refractivity contribution in [2.75, 3.05) is 6.61 Å². The van der Waals surface area contributed by atoms with Gasteiger partial charge in [0.1, 0.15) is 0 Å². The lowest BCUT2D eigenvalue weighted by atomic mass is 10.0. The minimum absolute atomic E-state index is 0.00396. The maximum atomic E-state index is 13.2. The SMILES string of the molecule is CCOc1ncccc1CNC(=O)c1cc(C(C)C)nc2c1c(=O)[nH]c(=O)n2CC(C)C. The first-order valence-electron chi connectivity index (χ1n) is 10.8. The number of rotatable bonds is 8. The number of carbonyl (C=O) groups excluding carboxylic acids is 1. The molecule has 3 rings (SSSR count). The number of pyridine rings is 2. The lowest BCUT2D eigenvalue weighted by Crippen LogP contribution is -2.34. The van der Waals surface area contributed by atoms with E-state index in [9.17, 15) is 14.4 Å². The average molecular weight is 440 g/mol. The number of carbonyl (C=O) groups is 1. The summed E-state index contributed by atoms with van der Waals surface area (Å²) >= 11 is 0. The van der Waals surface area contributed by atoms with Gasteiger partial charge in [-0.2, -0.15) is 0 Å². The molecule has 0 spiro atoms. The fourth-order valence-corrected chi connectivity index (χ4v) is 3.40. The van der Waals surface area contributed by atoms with Crippen LogP contribution >= 0.6 is 0 Å². The van der Waals surface area contributed by atoms with Crippen LogP contribution < -0.4 is 21.3 Å². The van der Waals surface area contributed by atoms with Gasteiger partial charge in [0, 0.05) is 30.5 Å². The number of ether oxygens (including phenoxy) is 1. The van der Waals surface area contributed by atoms with Crippen molar-refractivity contribution >= 4 is 16.9 Å². The Hall–Kier alpha value is -3.49. The molecule has 0 atom stereocenters. The van der Waals surface area contributed by atoms with Crippen molar-refractivity contribution in [1.82, 2.24) is 24.8 Å². The van der Waals surface area contributed by atoms with Crippen LogP contribution in [0.3, 0.4) is 0 Å². The number of nitrogens with one attached hydrogen (secondary N) is 2. The Balaban J connectivity index is 2.10. The Bertz CT molecular complexity index is 1240. The predicted octanol–water partition coefficient (Wildman–Crippen LogP) is 2.59. The molecule has 2 N–H and O–H groups in total. The average Bonchev–Trinajstić information content (AvgIpc) is 2.74. The standard InChI is InChI=1S/C23H29N5O4/c1-6-32-22-15(8-7-9-24-22)11-25-20(29)16-10-17(14(4)5)26-19-18(16)21(30)27-23(31)28(19)12-13(2)3/h7-10,13-14H,6,11-12H2,1-5H3,(H,25,29)(H,27,30,31). The fourth-order valence-electron chi connectivity index (χ4n) is 3.40. The molecule has 0 radical (unpaired) electrons. The van der Waals surface area contributed by atoms with Crippen LogP contribution in [0.15, 0.2) is 34.0 Å². The van der Waals surface area contributed by atoms with Gasteiger partial charge in [0.15, 0.2) is 5.65 Å². The zero-order valence-corrected chi connectivity index (χ0v) is 19.1. The van der Waals surface area contributed by atoms with Gasteiger partial charge in [-0.15, -0.1) is 0 Å². The number of fused-ring (bicyclic) bond motifs is 1. The summed E-state index contributed by atoms with van der Waals surface area (Å²) < 4.78 is 6.94. The van der Waals surface area contributed by atoms with Crippen LogP contribution in [0.1, 0.15) is 62.2 Å². The smallest absolute Gasteiger partial charge is 0.330 e. The third kappa shape index (κ3) is 4.87. The Labute approximate surface area is 185 Å². The maximum absolute atomic E-state index is 13.2. The quantitative estimate of drug-likeness (QED) is 0.557. The Kier molecular flexibility index (Phi) is 7.07. The van der Waals surface area contributed by atoms with Crippen molar-refractivity contribution < 1.29 is 9.53 Å². The van der Waals surface area contributed by atoms with Crippen molar-refractivity contribution in [3.05, 3.63) is 62.1 Å². The molecule has 0 aromatic carbocycles. The predicted molar refractivity (Wildman–Crippen MR) is 122 cm³/mol. The van der Waals surface area contributed by atoms with Gasteiger partial charge in [0.25, 0.3) is 11.5 Å². The molecule has 0 fully saturated rings. The minimum atomic E-state index is -0.630. The van der Waals surface area contributed by atoms with Crippen molar-refractivity contribution in [1.29, 1.82) is 0 Å². The van der Waals surface area contributed by atoms with Crippen LogP contribution in [-0.4, -0.2) is 32.0 Å². The summed E-state index contributed by atoms with van der Waals surface area (Å²) in [5, 5.41) is 2.95.